The minimum absolute atomic E-state index is 0.151. The van der Waals surface area contributed by atoms with Crippen molar-refractivity contribution in [2.45, 2.75) is 52.7 Å². The number of benzene rings is 1. The number of rotatable bonds is 4. The van der Waals surface area contributed by atoms with E-state index in [1.54, 1.807) is 6.07 Å². The van der Waals surface area contributed by atoms with Crippen LogP contribution in [0, 0.1) is 5.82 Å². The smallest absolute Gasteiger partial charge is 0.407 e. The van der Waals surface area contributed by atoms with E-state index in [0.717, 1.165) is 16.9 Å². The Morgan fingerprint density at radius 3 is 2.70 bits per heavy atom. The van der Waals surface area contributed by atoms with E-state index >= 15 is 0 Å². The number of nitrogens with one attached hydrogen (secondary N) is 1. The maximum atomic E-state index is 13.5. The third kappa shape index (κ3) is 4.43. The van der Waals surface area contributed by atoms with Gasteiger partial charge in [-0.15, -0.1) is 0 Å². The van der Waals surface area contributed by atoms with Gasteiger partial charge in [-0.25, -0.2) is 14.2 Å². The van der Waals surface area contributed by atoms with Crippen LogP contribution in [0.1, 0.15) is 46.5 Å². The molecule has 2 aromatic rings. The van der Waals surface area contributed by atoms with Gasteiger partial charge in [0.2, 0.25) is 0 Å². The molecule has 2 rings (SSSR count). The third-order valence-corrected chi connectivity index (χ3v) is 3.26. The van der Waals surface area contributed by atoms with Crippen LogP contribution in [-0.4, -0.2) is 27.8 Å². The standard InChI is InChI=1S/C17H24FN3O2/c1-11(2)21-14-10-12(18)6-7-13(14)20-15(21)8-9-19-16(22)23-17(3,4)5/h6-7,10-11H,8-9H2,1-5H3,(H,19,22). The summed E-state index contributed by atoms with van der Waals surface area (Å²) in [6, 6.07) is 4.72. The van der Waals surface area contributed by atoms with E-state index in [-0.39, 0.29) is 11.9 Å². The van der Waals surface area contributed by atoms with Gasteiger partial charge in [-0.2, -0.15) is 0 Å². The second kappa shape index (κ2) is 6.56. The van der Waals surface area contributed by atoms with Crippen LogP contribution in [-0.2, 0) is 11.2 Å². The molecule has 0 fully saturated rings. The summed E-state index contributed by atoms with van der Waals surface area (Å²) in [6.07, 6.45) is 0.101. The highest BCUT2D eigenvalue weighted by Gasteiger charge is 2.17. The molecule has 0 spiro atoms. The number of hydrogen-bond acceptors (Lipinski definition) is 3. The van der Waals surface area contributed by atoms with Crippen molar-refractivity contribution in [3.05, 3.63) is 29.8 Å². The van der Waals surface area contributed by atoms with E-state index in [1.807, 2.05) is 39.2 Å². The zero-order valence-electron chi connectivity index (χ0n) is 14.3. The molecule has 0 aliphatic rings. The van der Waals surface area contributed by atoms with E-state index in [2.05, 4.69) is 10.3 Å². The van der Waals surface area contributed by atoms with E-state index in [9.17, 15) is 9.18 Å². The van der Waals surface area contributed by atoms with Crippen molar-refractivity contribution >= 4 is 17.1 Å². The number of halogens is 1. The Balaban J connectivity index is 2.11. The molecule has 1 N–H and O–H groups in total. The molecule has 0 radical (unpaired) electrons. The van der Waals surface area contributed by atoms with Crippen LogP contribution in [0.15, 0.2) is 18.2 Å². The van der Waals surface area contributed by atoms with Crippen molar-refractivity contribution < 1.29 is 13.9 Å². The fourth-order valence-corrected chi connectivity index (χ4v) is 2.46. The number of amides is 1. The second-order valence-corrected chi connectivity index (χ2v) is 6.80. The van der Waals surface area contributed by atoms with Crippen LogP contribution in [0.2, 0.25) is 0 Å². The van der Waals surface area contributed by atoms with E-state index in [4.69, 9.17) is 4.74 Å². The van der Waals surface area contributed by atoms with Crippen LogP contribution >= 0.6 is 0 Å². The van der Waals surface area contributed by atoms with Gasteiger partial charge in [0.25, 0.3) is 0 Å². The summed E-state index contributed by atoms with van der Waals surface area (Å²) in [5, 5.41) is 2.72. The Morgan fingerprint density at radius 2 is 2.09 bits per heavy atom. The van der Waals surface area contributed by atoms with Crippen molar-refractivity contribution in [1.29, 1.82) is 0 Å². The average molecular weight is 321 g/mol. The van der Waals surface area contributed by atoms with Crippen molar-refractivity contribution in [3.63, 3.8) is 0 Å². The first-order valence-corrected chi connectivity index (χ1v) is 7.80. The summed E-state index contributed by atoms with van der Waals surface area (Å²) >= 11 is 0. The molecule has 6 heteroatoms. The molecule has 126 valence electrons. The number of carbonyl (C=O) groups excluding carboxylic acids is 1. The number of nitrogens with zero attached hydrogens (tertiary/aromatic N) is 2. The van der Waals surface area contributed by atoms with Gasteiger partial charge in [-0.05, 0) is 52.8 Å². The van der Waals surface area contributed by atoms with Gasteiger partial charge in [0.15, 0.2) is 0 Å². The van der Waals surface area contributed by atoms with Gasteiger partial charge >= 0.3 is 6.09 Å². The van der Waals surface area contributed by atoms with Crippen molar-refractivity contribution in [2.75, 3.05) is 6.54 Å². The third-order valence-electron chi connectivity index (χ3n) is 3.26. The molecule has 0 atom stereocenters. The fourth-order valence-electron chi connectivity index (χ4n) is 2.46. The topological polar surface area (TPSA) is 56.2 Å². The van der Waals surface area contributed by atoms with Crippen LogP contribution in [0.5, 0.6) is 0 Å². The van der Waals surface area contributed by atoms with Gasteiger partial charge < -0.3 is 14.6 Å². The number of alkyl carbamates (subject to hydrolysis) is 1. The lowest BCUT2D eigenvalue weighted by molar-refractivity contribution is 0.0528. The van der Waals surface area contributed by atoms with Crippen molar-refractivity contribution in [3.8, 4) is 0 Å². The van der Waals surface area contributed by atoms with Crippen LogP contribution in [0.4, 0.5) is 9.18 Å². The maximum Gasteiger partial charge on any atom is 0.407 e. The first-order chi connectivity index (χ1) is 10.7. The van der Waals surface area contributed by atoms with Crippen LogP contribution in [0.3, 0.4) is 0 Å². The average Bonchev–Trinajstić information content (AvgIpc) is 2.73. The monoisotopic (exact) mass is 321 g/mol. The van der Waals surface area contributed by atoms with E-state index in [1.165, 1.54) is 12.1 Å². The Morgan fingerprint density at radius 1 is 1.39 bits per heavy atom. The van der Waals surface area contributed by atoms with Crippen molar-refractivity contribution in [2.24, 2.45) is 0 Å². The molecule has 0 aliphatic carbocycles. The van der Waals surface area contributed by atoms with E-state index < -0.39 is 11.7 Å². The largest absolute Gasteiger partial charge is 0.444 e. The number of hydrogen-bond donors (Lipinski definition) is 1. The molecule has 0 unspecified atom stereocenters. The van der Waals surface area contributed by atoms with Gasteiger partial charge in [0, 0.05) is 19.0 Å². The molecule has 5 nitrogen and oxygen atoms in total. The van der Waals surface area contributed by atoms with Gasteiger partial charge in [0.05, 0.1) is 11.0 Å². The highest BCUT2D eigenvalue weighted by atomic mass is 19.1. The number of aromatic nitrogens is 2. The molecule has 1 aromatic carbocycles. The molecule has 1 aromatic heterocycles. The number of fused-ring (bicyclic) bond motifs is 1. The summed E-state index contributed by atoms with van der Waals surface area (Å²) in [5.74, 6) is 0.536. The second-order valence-electron chi connectivity index (χ2n) is 6.80. The summed E-state index contributed by atoms with van der Waals surface area (Å²) in [6.45, 7) is 9.92. The Bertz CT molecular complexity index is 702. The molecule has 0 saturated heterocycles. The van der Waals surface area contributed by atoms with Crippen LogP contribution < -0.4 is 5.32 Å². The highest BCUT2D eigenvalue weighted by molar-refractivity contribution is 5.76. The Kier molecular flexibility index (Phi) is 4.92. The first kappa shape index (κ1) is 17.2. The molecule has 0 aliphatic heterocycles. The van der Waals surface area contributed by atoms with Gasteiger partial charge in [-0.1, -0.05) is 0 Å². The predicted molar refractivity (Wildman–Crippen MR) is 88.0 cm³/mol. The molecule has 1 heterocycles. The lowest BCUT2D eigenvalue weighted by Gasteiger charge is -2.19. The molecule has 0 bridgehead atoms. The summed E-state index contributed by atoms with van der Waals surface area (Å²) in [7, 11) is 0. The number of ether oxygens (including phenoxy) is 1. The number of carbonyl (C=O) groups is 1. The van der Waals surface area contributed by atoms with Crippen LogP contribution in [0.25, 0.3) is 11.0 Å². The SMILES string of the molecule is CC(C)n1c(CCNC(=O)OC(C)(C)C)nc2ccc(F)cc21. The molecule has 1 amide bonds. The van der Waals surface area contributed by atoms with E-state index in [0.29, 0.717) is 13.0 Å². The first-order valence-electron chi connectivity index (χ1n) is 7.80. The van der Waals surface area contributed by atoms with Crippen molar-refractivity contribution in [1.82, 2.24) is 14.9 Å². The summed E-state index contributed by atoms with van der Waals surface area (Å²) < 4.78 is 20.7. The molecular formula is C17H24FN3O2. The summed E-state index contributed by atoms with van der Waals surface area (Å²) in [4.78, 5) is 16.2. The van der Waals surface area contributed by atoms with Gasteiger partial charge in [-0.3, -0.25) is 0 Å². The Labute approximate surface area is 135 Å². The molecule has 0 saturated carbocycles. The van der Waals surface area contributed by atoms with Gasteiger partial charge in [0.1, 0.15) is 17.2 Å². The quantitative estimate of drug-likeness (QED) is 0.931. The zero-order valence-corrected chi connectivity index (χ0v) is 14.3. The predicted octanol–water partition coefficient (Wildman–Crippen LogP) is 3.82. The Hall–Kier alpha value is -2.11. The fraction of sp³-hybridized carbons (Fsp3) is 0.529. The normalized spacial score (nSPS) is 12.0. The zero-order chi connectivity index (χ0) is 17.2. The minimum Gasteiger partial charge on any atom is -0.444 e. The minimum atomic E-state index is -0.521. The molecule has 23 heavy (non-hydrogen) atoms. The lowest BCUT2D eigenvalue weighted by atomic mass is 10.2. The molecular weight excluding hydrogens is 297 g/mol. The maximum absolute atomic E-state index is 13.5. The number of imidazole rings is 1. The summed E-state index contributed by atoms with van der Waals surface area (Å²) in [5.41, 5.74) is 1.01. The highest BCUT2D eigenvalue weighted by Crippen LogP contribution is 2.22. The lowest BCUT2D eigenvalue weighted by Crippen LogP contribution is -2.33.